The summed E-state index contributed by atoms with van der Waals surface area (Å²) in [5.41, 5.74) is 0.759. The molecule has 1 aromatic rings. The zero-order chi connectivity index (χ0) is 9.97. The highest BCUT2D eigenvalue weighted by molar-refractivity contribution is 5.76. The summed E-state index contributed by atoms with van der Waals surface area (Å²) in [5.74, 6) is 2.27. The van der Waals surface area contributed by atoms with E-state index in [1.54, 1.807) is 0 Å². The Labute approximate surface area is 84.3 Å². The van der Waals surface area contributed by atoms with E-state index >= 15 is 0 Å². The highest BCUT2D eigenvalue weighted by atomic mass is 16.3. The second-order valence-electron chi connectivity index (χ2n) is 4.13. The van der Waals surface area contributed by atoms with Crippen LogP contribution in [0.2, 0.25) is 0 Å². The molecule has 14 heavy (non-hydrogen) atoms. The zero-order valence-corrected chi connectivity index (χ0v) is 8.58. The Morgan fingerprint density at radius 2 is 2.07 bits per heavy atom. The molecule has 1 aliphatic rings. The summed E-state index contributed by atoms with van der Waals surface area (Å²) in [7, 11) is 0. The van der Waals surface area contributed by atoms with E-state index in [2.05, 4.69) is 0 Å². The van der Waals surface area contributed by atoms with Gasteiger partial charge in [0.05, 0.1) is 5.56 Å². The summed E-state index contributed by atoms with van der Waals surface area (Å²) in [6, 6.07) is 1.84. The van der Waals surface area contributed by atoms with Crippen LogP contribution in [0.4, 0.5) is 0 Å². The summed E-state index contributed by atoms with van der Waals surface area (Å²) in [5, 5.41) is 0. The van der Waals surface area contributed by atoms with Gasteiger partial charge in [-0.25, -0.2) is 0 Å². The first-order valence-corrected chi connectivity index (χ1v) is 5.37. The minimum Gasteiger partial charge on any atom is -0.465 e. The Kier molecular flexibility index (Phi) is 2.71. The average Bonchev–Trinajstić information content (AvgIpc) is 2.61. The van der Waals surface area contributed by atoms with Crippen molar-refractivity contribution in [3.05, 3.63) is 23.2 Å². The Hall–Kier alpha value is -1.05. The van der Waals surface area contributed by atoms with E-state index in [0.29, 0.717) is 5.92 Å². The van der Waals surface area contributed by atoms with Gasteiger partial charge in [0, 0.05) is 5.92 Å². The predicted octanol–water partition coefficient (Wildman–Crippen LogP) is 3.45. The molecule has 2 nitrogen and oxygen atoms in total. The molecule has 0 radical (unpaired) electrons. The minimum atomic E-state index is 0.484. The van der Waals surface area contributed by atoms with Crippen molar-refractivity contribution in [1.29, 1.82) is 0 Å². The third-order valence-corrected chi connectivity index (χ3v) is 3.02. The molecule has 0 saturated heterocycles. The smallest absolute Gasteiger partial charge is 0.153 e. The maximum absolute atomic E-state index is 10.8. The fourth-order valence-electron chi connectivity index (χ4n) is 2.33. The number of aldehydes is 1. The van der Waals surface area contributed by atoms with Crippen LogP contribution in [0.25, 0.3) is 0 Å². The molecule has 1 fully saturated rings. The molecule has 0 aliphatic heterocycles. The fourth-order valence-corrected chi connectivity index (χ4v) is 2.33. The van der Waals surface area contributed by atoms with Crippen LogP contribution in [0.1, 0.15) is 59.9 Å². The van der Waals surface area contributed by atoms with Crippen molar-refractivity contribution in [3.63, 3.8) is 0 Å². The van der Waals surface area contributed by atoms with Crippen molar-refractivity contribution in [3.8, 4) is 0 Å². The number of carbonyl (C=O) groups is 1. The number of hydrogen-bond acceptors (Lipinski definition) is 2. The molecule has 1 aromatic heterocycles. The number of furan rings is 1. The standard InChI is InChI=1S/C12H16O2/c1-9-7-11(8-13)12(14-9)10-5-3-2-4-6-10/h7-8,10H,2-6H2,1H3. The van der Waals surface area contributed by atoms with E-state index in [4.69, 9.17) is 4.42 Å². The molecule has 1 heterocycles. The van der Waals surface area contributed by atoms with E-state index in [0.717, 1.165) is 23.4 Å². The first kappa shape index (κ1) is 9.50. The summed E-state index contributed by atoms with van der Waals surface area (Å²) in [6.07, 6.45) is 7.13. The highest BCUT2D eigenvalue weighted by Gasteiger charge is 2.21. The Bertz CT molecular complexity index is 319. The van der Waals surface area contributed by atoms with Crippen molar-refractivity contribution < 1.29 is 9.21 Å². The van der Waals surface area contributed by atoms with Gasteiger partial charge in [0.25, 0.3) is 0 Å². The van der Waals surface area contributed by atoms with Crippen LogP contribution in [-0.2, 0) is 0 Å². The molecule has 2 rings (SSSR count). The molecule has 0 N–H and O–H groups in total. The van der Waals surface area contributed by atoms with E-state index in [9.17, 15) is 4.79 Å². The lowest BCUT2D eigenvalue weighted by molar-refractivity contribution is 0.112. The zero-order valence-electron chi connectivity index (χ0n) is 8.58. The molecule has 2 heteroatoms. The molecule has 1 saturated carbocycles. The van der Waals surface area contributed by atoms with Crippen molar-refractivity contribution in [1.82, 2.24) is 0 Å². The van der Waals surface area contributed by atoms with Gasteiger partial charge >= 0.3 is 0 Å². The summed E-state index contributed by atoms with van der Waals surface area (Å²) in [6.45, 7) is 1.90. The van der Waals surface area contributed by atoms with Crippen LogP contribution in [0.15, 0.2) is 10.5 Å². The molecule has 0 unspecified atom stereocenters. The predicted molar refractivity (Wildman–Crippen MR) is 54.7 cm³/mol. The molecule has 0 atom stereocenters. The van der Waals surface area contributed by atoms with Crippen LogP contribution in [0.3, 0.4) is 0 Å². The molecule has 0 amide bonds. The van der Waals surface area contributed by atoms with Gasteiger partial charge in [0.2, 0.25) is 0 Å². The van der Waals surface area contributed by atoms with Crippen molar-refractivity contribution in [2.75, 3.05) is 0 Å². The van der Waals surface area contributed by atoms with Gasteiger partial charge < -0.3 is 4.42 Å². The second-order valence-corrected chi connectivity index (χ2v) is 4.13. The average molecular weight is 192 g/mol. The molecule has 0 aromatic carbocycles. The normalized spacial score (nSPS) is 18.4. The fraction of sp³-hybridized carbons (Fsp3) is 0.583. The van der Waals surface area contributed by atoms with Gasteiger partial charge in [-0.05, 0) is 25.8 Å². The van der Waals surface area contributed by atoms with Gasteiger partial charge in [-0.15, -0.1) is 0 Å². The molecule has 1 aliphatic carbocycles. The topological polar surface area (TPSA) is 30.2 Å². The van der Waals surface area contributed by atoms with Crippen LogP contribution < -0.4 is 0 Å². The number of aryl methyl sites for hydroxylation is 1. The Balaban J connectivity index is 2.24. The van der Waals surface area contributed by atoms with E-state index in [1.165, 1.54) is 32.1 Å². The van der Waals surface area contributed by atoms with Crippen LogP contribution in [0.5, 0.6) is 0 Å². The molecule has 76 valence electrons. The first-order valence-electron chi connectivity index (χ1n) is 5.37. The van der Waals surface area contributed by atoms with Gasteiger partial charge in [-0.2, -0.15) is 0 Å². The van der Waals surface area contributed by atoms with Crippen molar-refractivity contribution >= 4 is 6.29 Å². The monoisotopic (exact) mass is 192 g/mol. The van der Waals surface area contributed by atoms with Gasteiger partial charge in [0.1, 0.15) is 11.5 Å². The molecule has 0 spiro atoms. The Morgan fingerprint density at radius 3 is 2.71 bits per heavy atom. The lowest BCUT2D eigenvalue weighted by Crippen LogP contribution is -2.05. The summed E-state index contributed by atoms with van der Waals surface area (Å²) < 4.78 is 5.61. The van der Waals surface area contributed by atoms with Crippen LogP contribution in [0, 0.1) is 6.92 Å². The van der Waals surface area contributed by atoms with E-state index in [-0.39, 0.29) is 0 Å². The molecular weight excluding hydrogens is 176 g/mol. The number of hydrogen-bond donors (Lipinski definition) is 0. The van der Waals surface area contributed by atoms with Crippen molar-refractivity contribution in [2.45, 2.75) is 44.9 Å². The Morgan fingerprint density at radius 1 is 1.36 bits per heavy atom. The van der Waals surface area contributed by atoms with Gasteiger partial charge in [-0.1, -0.05) is 19.3 Å². The second kappa shape index (κ2) is 3.99. The lowest BCUT2D eigenvalue weighted by atomic mass is 9.86. The van der Waals surface area contributed by atoms with Crippen LogP contribution >= 0.6 is 0 Å². The maximum Gasteiger partial charge on any atom is 0.153 e. The van der Waals surface area contributed by atoms with Gasteiger partial charge in [-0.3, -0.25) is 4.79 Å². The minimum absolute atomic E-state index is 0.484. The molecule has 0 bridgehead atoms. The van der Waals surface area contributed by atoms with E-state index < -0.39 is 0 Å². The maximum atomic E-state index is 10.8. The van der Waals surface area contributed by atoms with Crippen molar-refractivity contribution in [2.24, 2.45) is 0 Å². The summed E-state index contributed by atoms with van der Waals surface area (Å²) in [4.78, 5) is 10.8. The molecular formula is C12H16O2. The SMILES string of the molecule is Cc1cc(C=O)c(C2CCCCC2)o1. The lowest BCUT2D eigenvalue weighted by Gasteiger charge is -2.19. The number of carbonyl (C=O) groups excluding carboxylic acids is 1. The third-order valence-electron chi connectivity index (χ3n) is 3.02. The largest absolute Gasteiger partial charge is 0.465 e. The third kappa shape index (κ3) is 1.74. The number of rotatable bonds is 2. The van der Waals surface area contributed by atoms with E-state index in [1.807, 2.05) is 13.0 Å². The van der Waals surface area contributed by atoms with Crippen LogP contribution in [-0.4, -0.2) is 6.29 Å². The first-order chi connectivity index (χ1) is 6.81. The van der Waals surface area contributed by atoms with Gasteiger partial charge in [0.15, 0.2) is 6.29 Å². The highest BCUT2D eigenvalue weighted by Crippen LogP contribution is 2.35. The quantitative estimate of drug-likeness (QED) is 0.672. The summed E-state index contributed by atoms with van der Waals surface area (Å²) >= 11 is 0.